The van der Waals surface area contributed by atoms with Crippen LogP contribution < -0.4 is 0 Å². The minimum Gasteiger partial charge on any atom is -0.366 e. The van der Waals surface area contributed by atoms with E-state index < -0.39 is 0 Å². The lowest BCUT2D eigenvalue weighted by atomic mass is 9.85. The largest absolute Gasteiger partial charge is 0.366 e. The van der Waals surface area contributed by atoms with Crippen molar-refractivity contribution in [2.24, 2.45) is 0 Å². The van der Waals surface area contributed by atoms with Crippen molar-refractivity contribution in [3.8, 4) is 0 Å². The summed E-state index contributed by atoms with van der Waals surface area (Å²) in [5, 5.41) is 0. The zero-order valence-electron chi connectivity index (χ0n) is 11.3. The Morgan fingerprint density at radius 2 is 1.82 bits per heavy atom. The van der Waals surface area contributed by atoms with Crippen LogP contribution in [0.2, 0.25) is 0 Å². The fourth-order valence-electron chi connectivity index (χ4n) is 2.98. The second-order valence-corrected chi connectivity index (χ2v) is 6.08. The maximum absolute atomic E-state index is 6.11. The summed E-state index contributed by atoms with van der Waals surface area (Å²) in [7, 11) is 0. The van der Waals surface area contributed by atoms with Crippen LogP contribution in [0.25, 0.3) is 0 Å². The van der Waals surface area contributed by atoms with Crippen molar-refractivity contribution in [2.45, 2.75) is 45.1 Å². The third-order valence-corrected chi connectivity index (χ3v) is 3.64. The summed E-state index contributed by atoms with van der Waals surface area (Å²) in [6.45, 7) is 13.3. The first-order chi connectivity index (χ1) is 7.85. The summed E-state index contributed by atoms with van der Waals surface area (Å²) in [6.07, 6.45) is 1.03. The van der Waals surface area contributed by atoms with Crippen LogP contribution in [0.5, 0.6) is 0 Å². The molecule has 92 valence electrons. The highest BCUT2D eigenvalue weighted by atomic mass is 16.5. The van der Waals surface area contributed by atoms with Crippen LogP contribution in [0.4, 0.5) is 0 Å². The topological polar surface area (TPSA) is 9.23 Å². The van der Waals surface area contributed by atoms with Crippen molar-refractivity contribution in [3.63, 3.8) is 0 Å². The molecule has 0 radical (unpaired) electrons. The normalized spacial score (nSPS) is 25.6. The first-order valence-corrected chi connectivity index (χ1v) is 6.23. The average molecular weight is 230 g/mol. The monoisotopic (exact) mass is 230 g/mol. The van der Waals surface area contributed by atoms with Gasteiger partial charge in [0.05, 0.1) is 12.2 Å². The molecule has 0 saturated heterocycles. The molecule has 0 saturated carbocycles. The van der Waals surface area contributed by atoms with Gasteiger partial charge < -0.3 is 4.74 Å². The van der Waals surface area contributed by atoms with E-state index in [9.17, 15) is 0 Å². The van der Waals surface area contributed by atoms with Gasteiger partial charge in [-0.15, -0.1) is 0 Å². The Morgan fingerprint density at radius 3 is 2.41 bits per heavy atom. The Morgan fingerprint density at radius 1 is 1.24 bits per heavy atom. The molecule has 1 nitrogen and oxygen atoms in total. The third-order valence-electron chi connectivity index (χ3n) is 3.64. The second-order valence-electron chi connectivity index (χ2n) is 6.08. The molecular formula is C16H22O. The Hall–Kier alpha value is -1.08. The molecule has 1 unspecified atom stereocenters. The highest BCUT2D eigenvalue weighted by Gasteiger charge is 2.45. The fraction of sp³-hybridized carbons (Fsp3) is 0.500. The van der Waals surface area contributed by atoms with Crippen LogP contribution in [-0.2, 0) is 15.8 Å². The van der Waals surface area contributed by atoms with Crippen LogP contribution in [0.15, 0.2) is 36.4 Å². The lowest BCUT2D eigenvalue weighted by Crippen LogP contribution is -2.26. The van der Waals surface area contributed by atoms with Gasteiger partial charge in [0.25, 0.3) is 0 Å². The van der Waals surface area contributed by atoms with E-state index in [1.165, 1.54) is 11.1 Å². The molecule has 17 heavy (non-hydrogen) atoms. The smallest absolute Gasteiger partial charge is 0.0918 e. The lowest BCUT2D eigenvalue weighted by Gasteiger charge is -2.28. The second kappa shape index (κ2) is 3.99. The van der Waals surface area contributed by atoms with Gasteiger partial charge in [0.15, 0.2) is 0 Å². The molecule has 2 rings (SSSR count). The molecule has 1 heteroatoms. The van der Waals surface area contributed by atoms with Gasteiger partial charge in [0, 0.05) is 0 Å². The number of fused-ring (bicyclic) bond motifs is 1. The van der Waals surface area contributed by atoms with Crippen molar-refractivity contribution >= 4 is 0 Å². The Bertz CT molecular complexity index is 445. The van der Waals surface area contributed by atoms with Crippen LogP contribution in [0.3, 0.4) is 0 Å². The van der Waals surface area contributed by atoms with E-state index in [1.807, 2.05) is 6.92 Å². The van der Waals surface area contributed by atoms with Crippen molar-refractivity contribution < 1.29 is 4.74 Å². The maximum Gasteiger partial charge on any atom is 0.0918 e. The Kier molecular flexibility index (Phi) is 2.90. The molecule has 1 aromatic carbocycles. The number of hydrogen-bond donors (Lipinski definition) is 0. The number of ether oxygens (including phenoxy) is 1. The minimum atomic E-state index is -0.168. The van der Waals surface area contributed by atoms with E-state index in [0.29, 0.717) is 6.61 Å². The van der Waals surface area contributed by atoms with E-state index in [1.54, 1.807) is 0 Å². The minimum absolute atomic E-state index is 0.168. The van der Waals surface area contributed by atoms with Crippen molar-refractivity contribution in [1.29, 1.82) is 0 Å². The Labute approximate surface area is 104 Å². The SMILES string of the molecule is C=C(C)COC1(C)CC(C)(C)c2ccccc21. The molecule has 0 heterocycles. The van der Waals surface area contributed by atoms with E-state index >= 15 is 0 Å². The molecule has 0 aliphatic heterocycles. The molecule has 0 spiro atoms. The zero-order chi connectivity index (χ0) is 12.7. The molecule has 1 aromatic rings. The first-order valence-electron chi connectivity index (χ1n) is 6.23. The van der Waals surface area contributed by atoms with Gasteiger partial charge in [-0.1, -0.05) is 50.3 Å². The molecule has 1 aliphatic rings. The average Bonchev–Trinajstić information content (AvgIpc) is 2.46. The number of rotatable bonds is 3. The molecule has 0 bridgehead atoms. The van der Waals surface area contributed by atoms with Crippen molar-refractivity contribution in [3.05, 3.63) is 47.5 Å². The summed E-state index contributed by atoms with van der Waals surface area (Å²) < 4.78 is 6.11. The molecule has 0 aromatic heterocycles. The number of benzene rings is 1. The molecule has 1 aliphatic carbocycles. The lowest BCUT2D eigenvalue weighted by molar-refractivity contribution is -0.0310. The van der Waals surface area contributed by atoms with Gasteiger partial charge in [0.2, 0.25) is 0 Å². The summed E-state index contributed by atoms with van der Waals surface area (Å²) in [5.74, 6) is 0. The summed E-state index contributed by atoms with van der Waals surface area (Å²) in [5.41, 5.74) is 3.86. The standard InChI is InChI=1S/C16H22O/c1-12(2)10-17-16(5)11-15(3,4)13-8-6-7-9-14(13)16/h6-9H,1,10-11H2,2-5H3. The van der Waals surface area contributed by atoms with Gasteiger partial charge in [-0.25, -0.2) is 0 Å². The zero-order valence-corrected chi connectivity index (χ0v) is 11.3. The molecule has 0 N–H and O–H groups in total. The van der Waals surface area contributed by atoms with E-state index in [2.05, 4.69) is 51.6 Å². The molecular weight excluding hydrogens is 208 g/mol. The van der Waals surface area contributed by atoms with Gasteiger partial charge in [-0.05, 0) is 36.8 Å². The van der Waals surface area contributed by atoms with Crippen molar-refractivity contribution in [2.75, 3.05) is 6.61 Å². The number of hydrogen-bond acceptors (Lipinski definition) is 1. The van der Waals surface area contributed by atoms with Gasteiger partial charge in [-0.3, -0.25) is 0 Å². The predicted molar refractivity (Wildman–Crippen MR) is 72.2 cm³/mol. The van der Waals surface area contributed by atoms with Crippen LogP contribution in [0.1, 0.15) is 45.2 Å². The molecule has 1 atom stereocenters. The summed E-state index contributed by atoms with van der Waals surface area (Å²) >= 11 is 0. The van der Waals surface area contributed by atoms with Crippen LogP contribution in [0, 0.1) is 0 Å². The van der Waals surface area contributed by atoms with Gasteiger partial charge >= 0.3 is 0 Å². The fourth-order valence-corrected chi connectivity index (χ4v) is 2.98. The van der Waals surface area contributed by atoms with E-state index in [4.69, 9.17) is 4.74 Å². The Balaban J connectivity index is 2.36. The third kappa shape index (κ3) is 2.16. The first kappa shape index (κ1) is 12.4. The predicted octanol–water partition coefficient (Wildman–Crippen LogP) is 4.18. The van der Waals surface area contributed by atoms with Gasteiger partial charge in [0.1, 0.15) is 0 Å². The maximum atomic E-state index is 6.11. The quantitative estimate of drug-likeness (QED) is 0.708. The highest BCUT2D eigenvalue weighted by molar-refractivity contribution is 5.43. The van der Waals surface area contributed by atoms with E-state index in [0.717, 1.165) is 12.0 Å². The van der Waals surface area contributed by atoms with Gasteiger partial charge in [-0.2, -0.15) is 0 Å². The van der Waals surface area contributed by atoms with Crippen molar-refractivity contribution in [1.82, 2.24) is 0 Å². The van der Waals surface area contributed by atoms with Crippen LogP contribution >= 0.6 is 0 Å². The van der Waals surface area contributed by atoms with Crippen LogP contribution in [-0.4, -0.2) is 6.61 Å². The molecule has 0 amide bonds. The highest BCUT2D eigenvalue weighted by Crippen LogP contribution is 2.49. The summed E-state index contributed by atoms with van der Waals surface area (Å²) in [6, 6.07) is 8.64. The molecule has 0 fully saturated rings. The van der Waals surface area contributed by atoms with E-state index in [-0.39, 0.29) is 11.0 Å². The summed E-state index contributed by atoms with van der Waals surface area (Å²) in [4.78, 5) is 0.